The Hall–Kier alpha value is -3.70. The molecular formula is C19H14N4O3S. The molecule has 0 spiro atoms. The number of hydrogen-bond acceptors (Lipinski definition) is 7. The molecule has 27 heavy (non-hydrogen) atoms. The molecule has 8 heteroatoms. The zero-order valence-corrected chi connectivity index (χ0v) is 15.1. The third-order valence-electron chi connectivity index (χ3n) is 3.71. The Morgan fingerprint density at radius 3 is 2.70 bits per heavy atom. The number of allylic oxidation sites excluding steroid dienone is 1. The van der Waals surface area contributed by atoms with Gasteiger partial charge in [-0.1, -0.05) is 12.1 Å². The molecule has 0 atom stereocenters. The standard InChI is InChI=1S/C19H14N4O3S/c1-26-18-5-3-2-4-16(18)21-11-14(10-20)19-22-17(12-27-19)13-6-8-15(9-7-13)23(24)25/h2-9,11-12,21H,1H3. The predicted octanol–water partition coefficient (Wildman–Crippen LogP) is 4.70. The third kappa shape index (κ3) is 4.11. The second-order valence-corrected chi connectivity index (χ2v) is 6.21. The number of nitrogens with one attached hydrogen (secondary N) is 1. The van der Waals surface area contributed by atoms with Gasteiger partial charge in [-0.2, -0.15) is 5.26 Å². The van der Waals surface area contributed by atoms with Gasteiger partial charge in [0, 0.05) is 29.3 Å². The van der Waals surface area contributed by atoms with Crippen LogP contribution in [0.2, 0.25) is 0 Å². The van der Waals surface area contributed by atoms with E-state index in [0.717, 1.165) is 11.3 Å². The molecule has 0 unspecified atom stereocenters. The molecule has 3 aromatic rings. The highest BCUT2D eigenvalue weighted by Gasteiger charge is 2.11. The summed E-state index contributed by atoms with van der Waals surface area (Å²) in [5.74, 6) is 0.664. The molecule has 0 aliphatic carbocycles. The molecular weight excluding hydrogens is 364 g/mol. The van der Waals surface area contributed by atoms with E-state index in [-0.39, 0.29) is 5.69 Å². The normalized spacial score (nSPS) is 10.9. The van der Waals surface area contributed by atoms with Gasteiger partial charge in [0.15, 0.2) is 0 Å². The van der Waals surface area contributed by atoms with E-state index >= 15 is 0 Å². The fourth-order valence-corrected chi connectivity index (χ4v) is 3.13. The lowest BCUT2D eigenvalue weighted by atomic mass is 10.1. The van der Waals surface area contributed by atoms with Crippen LogP contribution in [0.4, 0.5) is 11.4 Å². The maximum atomic E-state index is 10.7. The Balaban J connectivity index is 1.83. The van der Waals surface area contributed by atoms with E-state index in [4.69, 9.17) is 4.74 Å². The van der Waals surface area contributed by atoms with Crippen LogP contribution in [-0.2, 0) is 0 Å². The SMILES string of the molecule is COc1ccccc1NC=C(C#N)c1nc(-c2ccc([N+](=O)[O-])cc2)cs1. The topological polar surface area (TPSA) is 101 Å². The van der Waals surface area contributed by atoms with Gasteiger partial charge < -0.3 is 10.1 Å². The van der Waals surface area contributed by atoms with Gasteiger partial charge in [-0.25, -0.2) is 4.98 Å². The summed E-state index contributed by atoms with van der Waals surface area (Å²) in [6.45, 7) is 0. The second kappa shape index (κ2) is 8.12. The highest BCUT2D eigenvalue weighted by atomic mass is 32.1. The molecule has 0 saturated carbocycles. The van der Waals surface area contributed by atoms with Crippen molar-refractivity contribution in [3.8, 4) is 23.1 Å². The molecule has 0 saturated heterocycles. The minimum atomic E-state index is -0.448. The number of methoxy groups -OCH3 is 1. The minimum Gasteiger partial charge on any atom is -0.495 e. The number of ether oxygens (including phenoxy) is 1. The summed E-state index contributed by atoms with van der Waals surface area (Å²) in [4.78, 5) is 14.8. The zero-order valence-electron chi connectivity index (χ0n) is 14.2. The van der Waals surface area contributed by atoms with Crippen molar-refractivity contribution in [1.29, 1.82) is 5.26 Å². The third-order valence-corrected chi connectivity index (χ3v) is 4.58. The molecule has 0 bridgehead atoms. The van der Waals surface area contributed by atoms with Gasteiger partial charge in [0.05, 0.1) is 23.4 Å². The number of para-hydroxylation sites is 2. The average Bonchev–Trinajstić information content (AvgIpc) is 3.19. The minimum absolute atomic E-state index is 0.0211. The Kier molecular flexibility index (Phi) is 5.44. The monoisotopic (exact) mass is 378 g/mol. The number of rotatable bonds is 6. The van der Waals surface area contributed by atoms with Gasteiger partial charge in [0.25, 0.3) is 5.69 Å². The van der Waals surface area contributed by atoms with E-state index in [1.807, 2.05) is 29.6 Å². The van der Waals surface area contributed by atoms with Crippen molar-refractivity contribution in [2.24, 2.45) is 0 Å². The molecule has 0 aliphatic heterocycles. The number of nitro groups is 1. The number of non-ortho nitro benzene ring substituents is 1. The van der Waals surface area contributed by atoms with E-state index in [1.54, 1.807) is 25.4 Å². The summed E-state index contributed by atoms with van der Waals surface area (Å²) in [6.07, 6.45) is 1.58. The van der Waals surface area contributed by atoms with Gasteiger partial charge in [-0.05, 0) is 24.3 Å². The van der Waals surface area contributed by atoms with Gasteiger partial charge in [0.2, 0.25) is 0 Å². The van der Waals surface area contributed by atoms with Crippen LogP contribution in [0.3, 0.4) is 0 Å². The van der Waals surface area contributed by atoms with Crippen molar-refractivity contribution in [2.45, 2.75) is 0 Å². The van der Waals surface area contributed by atoms with E-state index in [9.17, 15) is 15.4 Å². The van der Waals surface area contributed by atoms with E-state index in [1.165, 1.54) is 23.5 Å². The van der Waals surface area contributed by atoms with E-state index in [0.29, 0.717) is 22.0 Å². The fourth-order valence-electron chi connectivity index (χ4n) is 2.34. The number of hydrogen-bond donors (Lipinski definition) is 1. The van der Waals surface area contributed by atoms with Gasteiger partial charge >= 0.3 is 0 Å². The number of benzene rings is 2. The highest BCUT2D eigenvalue weighted by Crippen LogP contribution is 2.28. The molecule has 0 amide bonds. The molecule has 1 N–H and O–H groups in total. The van der Waals surface area contributed by atoms with Gasteiger partial charge in [-0.3, -0.25) is 10.1 Å². The molecule has 7 nitrogen and oxygen atoms in total. The number of anilines is 1. The summed E-state index contributed by atoms with van der Waals surface area (Å²) in [5, 5.41) is 25.6. The molecule has 1 aromatic heterocycles. The van der Waals surface area contributed by atoms with Crippen molar-refractivity contribution in [3.63, 3.8) is 0 Å². The van der Waals surface area contributed by atoms with E-state index in [2.05, 4.69) is 16.4 Å². The molecule has 134 valence electrons. The number of nitrogens with zero attached hydrogens (tertiary/aromatic N) is 3. The average molecular weight is 378 g/mol. The first-order valence-electron chi connectivity index (χ1n) is 7.83. The second-order valence-electron chi connectivity index (χ2n) is 5.36. The first kappa shape index (κ1) is 18.1. The Labute approximate surface area is 159 Å². The maximum Gasteiger partial charge on any atom is 0.269 e. The number of nitriles is 1. The summed E-state index contributed by atoms with van der Waals surface area (Å²) in [7, 11) is 1.58. The van der Waals surface area contributed by atoms with Crippen molar-refractivity contribution in [2.75, 3.05) is 12.4 Å². The van der Waals surface area contributed by atoms with Crippen LogP contribution in [0.5, 0.6) is 5.75 Å². The lowest BCUT2D eigenvalue weighted by molar-refractivity contribution is -0.384. The van der Waals surface area contributed by atoms with Crippen molar-refractivity contribution >= 4 is 28.3 Å². The predicted molar refractivity (Wildman–Crippen MR) is 104 cm³/mol. The zero-order chi connectivity index (χ0) is 19.2. The first-order chi connectivity index (χ1) is 13.1. The largest absolute Gasteiger partial charge is 0.495 e. The summed E-state index contributed by atoms with van der Waals surface area (Å²) >= 11 is 1.33. The molecule has 1 heterocycles. The maximum absolute atomic E-state index is 10.7. The Morgan fingerprint density at radius 1 is 1.30 bits per heavy atom. The fraction of sp³-hybridized carbons (Fsp3) is 0.0526. The van der Waals surface area contributed by atoms with Crippen LogP contribution in [0, 0.1) is 21.4 Å². The number of aromatic nitrogens is 1. The van der Waals surface area contributed by atoms with Crippen molar-refractivity contribution in [1.82, 2.24) is 4.98 Å². The van der Waals surface area contributed by atoms with Crippen LogP contribution in [-0.4, -0.2) is 17.0 Å². The van der Waals surface area contributed by atoms with Crippen LogP contribution in [0.1, 0.15) is 5.01 Å². The van der Waals surface area contributed by atoms with Crippen LogP contribution >= 0.6 is 11.3 Å². The Bertz CT molecular complexity index is 1040. The highest BCUT2D eigenvalue weighted by molar-refractivity contribution is 7.11. The molecule has 0 aliphatic rings. The summed E-state index contributed by atoms with van der Waals surface area (Å²) in [6, 6.07) is 15.6. The van der Waals surface area contributed by atoms with Gasteiger partial charge in [-0.15, -0.1) is 11.3 Å². The Morgan fingerprint density at radius 2 is 2.04 bits per heavy atom. The van der Waals surface area contributed by atoms with Crippen LogP contribution in [0.15, 0.2) is 60.1 Å². The molecule has 3 rings (SSSR count). The lowest BCUT2D eigenvalue weighted by Gasteiger charge is -2.07. The van der Waals surface area contributed by atoms with Crippen LogP contribution in [0.25, 0.3) is 16.8 Å². The van der Waals surface area contributed by atoms with Crippen molar-refractivity contribution < 1.29 is 9.66 Å². The number of thiazole rings is 1. The van der Waals surface area contributed by atoms with Crippen molar-refractivity contribution in [3.05, 3.63) is 75.2 Å². The smallest absolute Gasteiger partial charge is 0.269 e. The summed E-state index contributed by atoms with van der Waals surface area (Å²) < 4.78 is 5.27. The quantitative estimate of drug-likeness (QED) is 0.379. The van der Waals surface area contributed by atoms with E-state index < -0.39 is 4.92 Å². The lowest BCUT2D eigenvalue weighted by Crippen LogP contribution is -1.94. The molecule has 0 radical (unpaired) electrons. The number of nitro benzene ring substituents is 1. The molecule has 2 aromatic carbocycles. The molecule has 0 fully saturated rings. The first-order valence-corrected chi connectivity index (χ1v) is 8.71. The van der Waals surface area contributed by atoms with Crippen LogP contribution < -0.4 is 10.1 Å². The van der Waals surface area contributed by atoms with Gasteiger partial charge in [0.1, 0.15) is 22.4 Å². The summed E-state index contributed by atoms with van der Waals surface area (Å²) in [5.41, 5.74) is 2.54.